The zero-order valence-electron chi connectivity index (χ0n) is 19.2. The summed E-state index contributed by atoms with van der Waals surface area (Å²) < 4.78 is 52.3. The number of hydrogen-bond donors (Lipinski definition) is 2. The van der Waals surface area contributed by atoms with Crippen LogP contribution >= 0.6 is 0 Å². The van der Waals surface area contributed by atoms with Gasteiger partial charge in [-0.1, -0.05) is 18.2 Å². The largest absolute Gasteiger partial charge is 0.494 e. The lowest BCUT2D eigenvalue weighted by Crippen LogP contribution is -2.35. The van der Waals surface area contributed by atoms with Crippen LogP contribution < -0.4 is 20.1 Å². The first-order valence-electron chi connectivity index (χ1n) is 10.9. The number of hydrogen-bond acceptors (Lipinski definition) is 5. The van der Waals surface area contributed by atoms with Crippen LogP contribution in [0.15, 0.2) is 54.7 Å². The van der Waals surface area contributed by atoms with E-state index in [0.29, 0.717) is 30.4 Å². The van der Waals surface area contributed by atoms with E-state index in [1.807, 2.05) is 6.92 Å². The van der Waals surface area contributed by atoms with Gasteiger partial charge in [0.25, 0.3) is 11.8 Å². The topological polar surface area (TPSA) is 94.5 Å². The molecule has 0 fully saturated rings. The van der Waals surface area contributed by atoms with E-state index in [4.69, 9.17) is 9.47 Å². The molecule has 0 radical (unpaired) electrons. The molecular weight excluding hydrogens is 465 g/mol. The molecule has 2 amide bonds. The number of nitrogens with zero attached hydrogens (tertiary/aromatic N) is 2. The molecule has 8 nitrogen and oxygen atoms in total. The smallest absolute Gasteiger partial charge is 0.435 e. The molecule has 1 aromatic heterocycles. The number of rotatable bonds is 10. The van der Waals surface area contributed by atoms with E-state index in [1.165, 1.54) is 0 Å². The van der Waals surface area contributed by atoms with Gasteiger partial charge in [0.15, 0.2) is 5.69 Å². The van der Waals surface area contributed by atoms with Gasteiger partial charge in [-0.05, 0) is 38.1 Å². The lowest BCUT2D eigenvalue weighted by atomic mass is 10.1. The summed E-state index contributed by atoms with van der Waals surface area (Å²) in [5, 5.41) is 8.56. The zero-order chi connectivity index (χ0) is 25.4. The molecule has 3 rings (SSSR count). The predicted octanol–water partition coefficient (Wildman–Crippen LogP) is 3.85. The summed E-state index contributed by atoms with van der Waals surface area (Å²) in [5.74, 6) is -0.525. The Bertz CT molecular complexity index is 1160. The summed E-state index contributed by atoms with van der Waals surface area (Å²) in [7, 11) is 0. The molecule has 0 aliphatic rings. The number of para-hydroxylation sites is 1. The monoisotopic (exact) mass is 490 g/mol. The van der Waals surface area contributed by atoms with Crippen LogP contribution in [0.2, 0.25) is 0 Å². The highest BCUT2D eigenvalue weighted by atomic mass is 19.4. The number of benzene rings is 2. The lowest BCUT2D eigenvalue weighted by Gasteiger charge is -2.13. The van der Waals surface area contributed by atoms with Crippen molar-refractivity contribution < 1.29 is 32.2 Å². The van der Waals surface area contributed by atoms with Crippen molar-refractivity contribution in [1.82, 2.24) is 20.4 Å². The van der Waals surface area contributed by atoms with Crippen LogP contribution in [-0.4, -0.2) is 47.9 Å². The number of carbonyl (C=O) groups is 2. The summed E-state index contributed by atoms with van der Waals surface area (Å²) in [6.07, 6.45) is -3.79. The van der Waals surface area contributed by atoms with Crippen molar-refractivity contribution in [2.24, 2.45) is 0 Å². The SMILES string of the molecule is CCOc1ccc(C(=O)NCCNC(=O)c2cn(-c3ccccc3)nc2C(F)(F)F)c(OCC)c1. The van der Waals surface area contributed by atoms with Crippen LogP contribution in [-0.2, 0) is 6.18 Å². The molecule has 186 valence electrons. The minimum absolute atomic E-state index is 0.0163. The maximum atomic E-state index is 13.5. The number of amides is 2. The van der Waals surface area contributed by atoms with Gasteiger partial charge in [0, 0.05) is 25.4 Å². The second-order valence-corrected chi connectivity index (χ2v) is 7.21. The first kappa shape index (κ1) is 25.6. The van der Waals surface area contributed by atoms with Crippen LogP contribution in [0.4, 0.5) is 13.2 Å². The first-order valence-corrected chi connectivity index (χ1v) is 10.9. The van der Waals surface area contributed by atoms with Crippen LogP contribution in [0.1, 0.15) is 40.3 Å². The third-order valence-corrected chi connectivity index (χ3v) is 4.75. The van der Waals surface area contributed by atoms with Gasteiger partial charge in [-0.25, -0.2) is 4.68 Å². The Morgan fingerprint density at radius 3 is 2.14 bits per heavy atom. The molecule has 0 saturated heterocycles. The Morgan fingerprint density at radius 2 is 1.54 bits per heavy atom. The average molecular weight is 490 g/mol. The highest BCUT2D eigenvalue weighted by molar-refractivity contribution is 5.97. The summed E-state index contributed by atoms with van der Waals surface area (Å²) >= 11 is 0. The van der Waals surface area contributed by atoms with Crippen molar-refractivity contribution in [3.05, 3.63) is 71.5 Å². The quantitative estimate of drug-likeness (QED) is 0.421. The summed E-state index contributed by atoms with van der Waals surface area (Å²) in [4.78, 5) is 25.1. The Kier molecular flexibility index (Phi) is 8.34. The second-order valence-electron chi connectivity index (χ2n) is 7.21. The van der Waals surface area contributed by atoms with E-state index in [2.05, 4.69) is 15.7 Å². The molecule has 35 heavy (non-hydrogen) atoms. The second kappa shape index (κ2) is 11.4. The van der Waals surface area contributed by atoms with Crippen molar-refractivity contribution in [2.75, 3.05) is 26.3 Å². The molecule has 0 aliphatic carbocycles. The fourth-order valence-corrected chi connectivity index (χ4v) is 3.23. The van der Waals surface area contributed by atoms with E-state index in [9.17, 15) is 22.8 Å². The van der Waals surface area contributed by atoms with Crippen LogP contribution in [0.3, 0.4) is 0 Å². The van der Waals surface area contributed by atoms with Gasteiger partial charge >= 0.3 is 6.18 Å². The van der Waals surface area contributed by atoms with Gasteiger partial charge in [0.1, 0.15) is 11.5 Å². The average Bonchev–Trinajstić information content (AvgIpc) is 3.29. The number of alkyl halides is 3. The standard InChI is InChI=1S/C24H25F3N4O4/c1-3-34-17-10-11-18(20(14-17)35-4-2)22(32)28-12-13-29-23(33)19-15-31(16-8-6-5-7-9-16)30-21(19)24(25,26)27/h5-11,14-15H,3-4,12-13H2,1-2H3,(H,28,32)(H,29,33). The highest BCUT2D eigenvalue weighted by Crippen LogP contribution is 2.31. The molecule has 2 aromatic carbocycles. The Balaban J connectivity index is 1.64. The van der Waals surface area contributed by atoms with Gasteiger partial charge in [0.05, 0.1) is 30.0 Å². The van der Waals surface area contributed by atoms with Gasteiger partial charge in [0.2, 0.25) is 0 Å². The van der Waals surface area contributed by atoms with E-state index >= 15 is 0 Å². The predicted molar refractivity (Wildman–Crippen MR) is 122 cm³/mol. The summed E-state index contributed by atoms with van der Waals surface area (Å²) in [5.41, 5.74) is -1.26. The van der Waals surface area contributed by atoms with Gasteiger partial charge in [-0.2, -0.15) is 18.3 Å². The Labute approximate surface area is 200 Å². The van der Waals surface area contributed by atoms with E-state index in [0.717, 1.165) is 10.9 Å². The molecule has 0 unspecified atom stereocenters. The van der Waals surface area contributed by atoms with E-state index < -0.39 is 29.2 Å². The van der Waals surface area contributed by atoms with E-state index in [-0.39, 0.29) is 18.7 Å². The van der Waals surface area contributed by atoms with Gasteiger partial charge in [-0.15, -0.1) is 0 Å². The molecule has 2 N–H and O–H groups in total. The summed E-state index contributed by atoms with van der Waals surface area (Å²) in [6.45, 7) is 4.29. The van der Waals surface area contributed by atoms with Crippen LogP contribution in [0, 0.1) is 0 Å². The molecule has 0 atom stereocenters. The third-order valence-electron chi connectivity index (χ3n) is 4.75. The van der Waals surface area contributed by atoms with Crippen LogP contribution in [0.5, 0.6) is 11.5 Å². The van der Waals surface area contributed by atoms with Gasteiger partial charge < -0.3 is 20.1 Å². The number of carbonyl (C=O) groups excluding carboxylic acids is 2. The zero-order valence-corrected chi connectivity index (χ0v) is 19.2. The van der Waals surface area contributed by atoms with Crippen LogP contribution in [0.25, 0.3) is 5.69 Å². The van der Waals surface area contributed by atoms with Crippen molar-refractivity contribution in [3.63, 3.8) is 0 Å². The maximum absolute atomic E-state index is 13.5. The molecule has 0 saturated carbocycles. The van der Waals surface area contributed by atoms with E-state index in [1.54, 1.807) is 55.5 Å². The molecule has 0 bridgehead atoms. The number of halogens is 3. The third kappa shape index (κ3) is 6.52. The molecule has 0 aliphatic heterocycles. The molecule has 3 aromatic rings. The maximum Gasteiger partial charge on any atom is 0.435 e. The normalized spacial score (nSPS) is 11.1. The Morgan fingerprint density at radius 1 is 0.914 bits per heavy atom. The first-order chi connectivity index (χ1) is 16.7. The number of ether oxygens (including phenoxy) is 2. The highest BCUT2D eigenvalue weighted by Gasteiger charge is 2.39. The van der Waals surface area contributed by atoms with Crippen molar-refractivity contribution in [3.8, 4) is 17.2 Å². The lowest BCUT2D eigenvalue weighted by molar-refractivity contribution is -0.141. The van der Waals surface area contributed by atoms with Crippen molar-refractivity contribution >= 4 is 11.8 Å². The Hall–Kier alpha value is -4.02. The van der Waals surface area contributed by atoms with Crippen molar-refractivity contribution in [2.45, 2.75) is 20.0 Å². The summed E-state index contributed by atoms with van der Waals surface area (Å²) in [6, 6.07) is 12.9. The number of nitrogens with one attached hydrogen (secondary N) is 2. The fourth-order valence-electron chi connectivity index (χ4n) is 3.23. The molecular formula is C24H25F3N4O4. The molecule has 0 spiro atoms. The van der Waals surface area contributed by atoms with Gasteiger partial charge in [-0.3, -0.25) is 9.59 Å². The molecule has 11 heteroatoms. The van der Waals surface area contributed by atoms with Crippen molar-refractivity contribution in [1.29, 1.82) is 0 Å². The minimum atomic E-state index is -4.82. The number of aromatic nitrogens is 2. The fraction of sp³-hybridized carbons (Fsp3) is 0.292. The minimum Gasteiger partial charge on any atom is -0.494 e. The molecule has 1 heterocycles.